The maximum Gasteiger partial charge on any atom is 0.135 e. The molecule has 1 aliphatic heterocycles. The molecule has 3 nitrogen and oxygen atoms in total. The SMILES string of the molecule is CCCC(=O)CC1COCCO1. The van der Waals surface area contributed by atoms with Crippen LogP contribution in [-0.4, -0.2) is 31.7 Å². The third-order valence-corrected chi connectivity index (χ3v) is 1.87. The average molecular weight is 172 g/mol. The third-order valence-electron chi connectivity index (χ3n) is 1.87. The summed E-state index contributed by atoms with van der Waals surface area (Å²) in [5.41, 5.74) is 0. The van der Waals surface area contributed by atoms with E-state index in [1.165, 1.54) is 0 Å². The fourth-order valence-corrected chi connectivity index (χ4v) is 1.29. The normalized spacial score (nSPS) is 23.9. The summed E-state index contributed by atoms with van der Waals surface area (Å²) in [6.07, 6.45) is 2.12. The maximum absolute atomic E-state index is 11.2. The molecule has 0 saturated carbocycles. The monoisotopic (exact) mass is 172 g/mol. The van der Waals surface area contributed by atoms with Crippen molar-refractivity contribution in [2.75, 3.05) is 19.8 Å². The molecule has 70 valence electrons. The number of carbonyl (C=O) groups excluding carboxylic acids is 1. The molecule has 1 unspecified atom stereocenters. The van der Waals surface area contributed by atoms with Gasteiger partial charge in [0.1, 0.15) is 5.78 Å². The van der Waals surface area contributed by atoms with Crippen LogP contribution in [0, 0.1) is 0 Å². The number of hydrogen-bond acceptors (Lipinski definition) is 3. The van der Waals surface area contributed by atoms with E-state index >= 15 is 0 Å². The Morgan fingerprint density at radius 2 is 2.33 bits per heavy atom. The standard InChI is InChI=1S/C9H16O3/c1-2-3-8(10)6-9-7-11-4-5-12-9/h9H,2-7H2,1H3. The lowest BCUT2D eigenvalue weighted by Crippen LogP contribution is -2.30. The second kappa shape index (κ2) is 5.27. The van der Waals surface area contributed by atoms with Gasteiger partial charge in [0.25, 0.3) is 0 Å². The Morgan fingerprint density at radius 1 is 1.50 bits per heavy atom. The van der Waals surface area contributed by atoms with Crippen LogP contribution >= 0.6 is 0 Å². The van der Waals surface area contributed by atoms with Gasteiger partial charge in [-0.05, 0) is 6.42 Å². The van der Waals surface area contributed by atoms with Gasteiger partial charge < -0.3 is 9.47 Å². The molecule has 0 radical (unpaired) electrons. The molecule has 0 N–H and O–H groups in total. The van der Waals surface area contributed by atoms with Crippen LogP contribution in [0.25, 0.3) is 0 Å². The summed E-state index contributed by atoms with van der Waals surface area (Å²) in [6, 6.07) is 0. The van der Waals surface area contributed by atoms with Crippen molar-refractivity contribution in [2.24, 2.45) is 0 Å². The Hall–Kier alpha value is -0.410. The molecule has 0 amide bonds. The van der Waals surface area contributed by atoms with Gasteiger partial charge in [0, 0.05) is 12.8 Å². The number of rotatable bonds is 4. The van der Waals surface area contributed by atoms with Crippen molar-refractivity contribution < 1.29 is 14.3 Å². The van der Waals surface area contributed by atoms with Gasteiger partial charge in [0.15, 0.2) is 0 Å². The summed E-state index contributed by atoms with van der Waals surface area (Å²) in [4.78, 5) is 11.2. The van der Waals surface area contributed by atoms with Gasteiger partial charge in [0.05, 0.1) is 25.9 Å². The zero-order valence-corrected chi connectivity index (χ0v) is 7.54. The number of ketones is 1. The molecule has 0 aromatic heterocycles. The Morgan fingerprint density at radius 3 is 2.92 bits per heavy atom. The van der Waals surface area contributed by atoms with Crippen LogP contribution in [0.5, 0.6) is 0 Å². The second-order valence-corrected chi connectivity index (χ2v) is 3.06. The van der Waals surface area contributed by atoms with Crippen molar-refractivity contribution in [3.8, 4) is 0 Å². The summed E-state index contributed by atoms with van der Waals surface area (Å²) in [6.45, 7) is 3.88. The van der Waals surface area contributed by atoms with Gasteiger partial charge in [-0.1, -0.05) is 6.92 Å². The Balaban J connectivity index is 2.15. The second-order valence-electron chi connectivity index (χ2n) is 3.06. The highest BCUT2D eigenvalue weighted by molar-refractivity contribution is 5.78. The van der Waals surface area contributed by atoms with Crippen molar-refractivity contribution in [3.63, 3.8) is 0 Å². The van der Waals surface area contributed by atoms with Gasteiger partial charge in [-0.15, -0.1) is 0 Å². The summed E-state index contributed by atoms with van der Waals surface area (Å²) in [5, 5.41) is 0. The lowest BCUT2D eigenvalue weighted by molar-refractivity contribution is -0.129. The molecule has 12 heavy (non-hydrogen) atoms. The van der Waals surface area contributed by atoms with Crippen molar-refractivity contribution in [1.29, 1.82) is 0 Å². The molecule has 0 aliphatic carbocycles. The van der Waals surface area contributed by atoms with Crippen LogP contribution in [0.1, 0.15) is 26.2 Å². The molecule has 0 aromatic rings. The first-order valence-electron chi connectivity index (χ1n) is 4.54. The molecule has 3 heteroatoms. The summed E-state index contributed by atoms with van der Waals surface area (Å²) < 4.78 is 10.5. The molecule has 0 aromatic carbocycles. The van der Waals surface area contributed by atoms with Crippen LogP contribution in [0.15, 0.2) is 0 Å². The minimum atomic E-state index is 0.0119. The number of carbonyl (C=O) groups is 1. The molecule has 1 heterocycles. The van der Waals surface area contributed by atoms with E-state index in [1.807, 2.05) is 6.92 Å². The van der Waals surface area contributed by atoms with E-state index in [0.717, 1.165) is 6.42 Å². The molecule has 1 aliphatic rings. The van der Waals surface area contributed by atoms with E-state index < -0.39 is 0 Å². The Labute approximate surface area is 73.0 Å². The van der Waals surface area contributed by atoms with E-state index in [0.29, 0.717) is 32.7 Å². The van der Waals surface area contributed by atoms with E-state index in [9.17, 15) is 4.79 Å². The fourth-order valence-electron chi connectivity index (χ4n) is 1.29. The molecule has 1 atom stereocenters. The highest BCUT2D eigenvalue weighted by Gasteiger charge is 2.17. The molecular formula is C9H16O3. The summed E-state index contributed by atoms with van der Waals surface area (Å²) in [5.74, 6) is 0.285. The first kappa shape index (κ1) is 9.68. The molecule has 0 spiro atoms. The average Bonchev–Trinajstić information content (AvgIpc) is 2.06. The van der Waals surface area contributed by atoms with Gasteiger partial charge in [-0.3, -0.25) is 4.79 Å². The van der Waals surface area contributed by atoms with E-state index in [-0.39, 0.29) is 11.9 Å². The van der Waals surface area contributed by atoms with Crippen molar-refractivity contribution >= 4 is 5.78 Å². The zero-order valence-electron chi connectivity index (χ0n) is 7.54. The van der Waals surface area contributed by atoms with Crippen LogP contribution in [0.2, 0.25) is 0 Å². The highest BCUT2D eigenvalue weighted by Crippen LogP contribution is 2.07. The quantitative estimate of drug-likeness (QED) is 0.638. The summed E-state index contributed by atoms with van der Waals surface area (Å²) in [7, 11) is 0. The van der Waals surface area contributed by atoms with Crippen LogP contribution in [0.4, 0.5) is 0 Å². The van der Waals surface area contributed by atoms with Gasteiger partial charge in [0.2, 0.25) is 0 Å². The van der Waals surface area contributed by atoms with E-state index in [2.05, 4.69) is 0 Å². The highest BCUT2D eigenvalue weighted by atomic mass is 16.6. The minimum Gasteiger partial charge on any atom is -0.376 e. The fraction of sp³-hybridized carbons (Fsp3) is 0.889. The first-order valence-corrected chi connectivity index (χ1v) is 4.54. The van der Waals surface area contributed by atoms with Crippen molar-refractivity contribution in [2.45, 2.75) is 32.3 Å². The maximum atomic E-state index is 11.2. The lowest BCUT2D eigenvalue weighted by atomic mass is 10.1. The smallest absolute Gasteiger partial charge is 0.135 e. The third kappa shape index (κ3) is 3.32. The molecule has 1 fully saturated rings. The molecule has 1 rings (SSSR count). The largest absolute Gasteiger partial charge is 0.376 e. The number of ether oxygens (including phenoxy) is 2. The first-order chi connectivity index (χ1) is 5.83. The minimum absolute atomic E-state index is 0.0119. The Kier molecular flexibility index (Phi) is 4.25. The van der Waals surface area contributed by atoms with E-state index in [1.54, 1.807) is 0 Å². The zero-order chi connectivity index (χ0) is 8.81. The molecule has 0 bridgehead atoms. The van der Waals surface area contributed by atoms with Crippen LogP contribution in [0.3, 0.4) is 0 Å². The van der Waals surface area contributed by atoms with Crippen molar-refractivity contribution in [1.82, 2.24) is 0 Å². The molecular weight excluding hydrogens is 156 g/mol. The van der Waals surface area contributed by atoms with Crippen LogP contribution < -0.4 is 0 Å². The van der Waals surface area contributed by atoms with Gasteiger partial charge in [-0.25, -0.2) is 0 Å². The van der Waals surface area contributed by atoms with Crippen LogP contribution in [-0.2, 0) is 14.3 Å². The lowest BCUT2D eigenvalue weighted by Gasteiger charge is -2.22. The van der Waals surface area contributed by atoms with Crippen molar-refractivity contribution in [3.05, 3.63) is 0 Å². The predicted molar refractivity (Wildman–Crippen MR) is 45.1 cm³/mol. The number of hydrogen-bond donors (Lipinski definition) is 0. The molecule has 1 saturated heterocycles. The topological polar surface area (TPSA) is 35.5 Å². The predicted octanol–water partition coefficient (Wildman–Crippen LogP) is 1.16. The van der Waals surface area contributed by atoms with Gasteiger partial charge >= 0.3 is 0 Å². The van der Waals surface area contributed by atoms with E-state index in [4.69, 9.17) is 9.47 Å². The summed E-state index contributed by atoms with van der Waals surface area (Å²) >= 11 is 0. The number of Topliss-reactive ketones (excluding diaryl/α,β-unsaturated/α-hetero) is 1. The Bertz CT molecular complexity index is 139. The van der Waals surface area contributed by atoms with Gasteiger partial charge in [-0.2, -0.15) is 0 Å².